The first-order valence-corrected chi connectivity index (χ1v) is 14.8. The van der Waals surface area contributed by atoms with Crippen LogP contribution in [0.15, 0.2) is 48.5 Å². The van der Waals surface area contributed by atoms with Gasteiger partial charge in [-0.25, -0.2) is 9.80 Å². The lowest BCUT2D eigenvalue weighted by Gasteiger charge is -2.43. The molecule has 14 nitrogen and oxygen atoms in total. The highest BCUT2D eigenvalue weighted by Crippen LogP contribution is 2.27. The van der Waals surface area contributed by atoms with Crippen LogP contribution in [0.1, 0.15) is 48.0 Å². The van der Waals surface area contributed by atoms with Crippen molar-refractivity contribution in [2.45, 2.75) is 63.1 Å². The summed E-state index contributed by atoms with van der Waals surface area (Å²) >= 11 is 6.22. The minimum absolute atomic E-state index is 0.0147. The molecule has 3 saturated heterocycles. The van der Waals surface area contributed by atoms with Crippen molar-refractivity contribution in [1.29, 1.82) is 0 Å². The molecule has 3 N–H and O–H groups in total. The van der Waals surface area contributed by atoms with Gasteiger partial charge in [0, 0.05) is 18.5 Å². The summed E-state index contributed by atoms with van der Waals surface area (Å²) in [5, 5.41) is 10.3. The predicted molar refractivity (Wildman–Crippen MR) is 157 cm³/mol. The van der Waals surface area contributed by atoms with Gasteiger partial charge in [-0.2, -0.15) is 0 Å². The molecule has 238 valence electrons. The number of cyclic esters (lactones) is 1. The van der Waals surface area contributed by atoms with Gasteiger partial charge in [0.25, 0.3) is 11.8 Å². The molecule has 0 spiro atoms. The number of carbonyl (C=O) groups is 6. The molecule has 45 heavy (non-hydrogen) atoms. The Morgan fingerprint density at radius 2 is 1.82 bits per heavy atom. The highest BCUT2D eigenvalue weighted by Gasteiger charge is 2.46. The molecule has 2 unspecified atom stereocenters. The van der Waals surface area contributed by atoms with Crippen LogP contribution in [0, 0.1) is 0 Å². The van der Waals surface area contributed by atoms with Crippen LogP contribution in [0.2, 0.25) is 5.02 Å². The minimum atomic E-state index is -1.12. The van der Waals surface area contributed by atoms with E-state index in [-0.39, 0.29) is 61.0 Å². The fraction of sp³-hybridized carbons (Fsp3) is 0.400. The third kappa shape index (κ3) is 7.35. The van der Waals surface area contributed by atoms with Crippen LogP contribution in [-0.4, -0.2) is 83.8 Å². The minimum Gasteiger partial charge on any atom is -0.453 e. The Hall–Kier alpha value is -4.69. The molecule has 0 aromatic heterocycles. The summed E-state index contributed by atoms with van der Waals surface area (Å²) in [5.74, 6) is -2.74. The zero-order chi connectivity index (χ0) is 32.1. The molecule has 0 aliphatic carbocycles. The molecular formula is C30H32ClN5O9. The second-order valence-corrected chi connectivity index (χ2v) is 11.1. The van der Waals surface area contributed by atoms with E-state index in [4.69, 9.17) is 21.1 Å². The van der Waals surface area contributed by atoms with E-state index < -0.39 is 54.2 Å². The average molecular weight is 642 g/mol. The number of amides is 5. The number of nitrogens with one attached hydrogen (secondary N) is 3. The summed E-state index contributed by atoms with van der Waals surface area (Å²) < 4.78 is 15.6. The van der Waals surface area contributed by atoms with Gasteiger partial charge in [0.05, 0.1) is 30.8 Å². The Bertz CT molecular complexity index is 1490. The number of hydrogen-bond acceptors (Lipinski definition) is 9. The fourth-order valence-corrected chi connectivity index (χ4v) is 5.63. The van der Waals surface area contributed by atoms with Gasteiger partial charge in [0.1, 0.15) is 18.1 Å². The Balaban J connectivity index is 1.28. The van der Waals surface area contributed by atoms with Gasteiger partial charge in [-0.15, -0.1) is 0 Å². The van der Waals surface area contributed by atoms with Crippen LogP contribution < -0.4 is 16.0 Å². The van der Waals surface area contributed by atoms with Gasteiger partial charge in [0.2, 0.25) is 18.1 Å². The van der Waals surface area contributed by atoms with E-state index in [0.29, 0.717) is 6.42 Å². The highest BCUT2D eigenvalue weighted by atomic mass is 35.5. The number of halogens is 1. The number of carbonyl (C=O) groups excluding carboxylic acids is 6. The number of ether oxygens (including phenoxy) is 3. The zero-order valence-electron chi connectivity index (χ0n) is 24.3. The van der Waals surface area contributed by atoms with Crippen molar-refractivity contribution >= 4 is 53.0 Å². The molecule has 3 fully saturated rings. The molecule has 2 aromatic carbocycles. The summed E-state index contributed by atoms with van der Waals surface area (Å²) in [6.45, 7) is 0.381. The number of hydrogen-bond donors (Lipinski definition) is 3. The maximum atomic E-state index is 13.8. The zero-order valence-corrected chi connectivity index (χ0v) is 25.1. The number of rotatable bonds is 8. The number of esters is 1. The molecule has 0 saturated carbocycles. The first kappa shape index (κ1) is 31.7. The third-order valence-electron chi connectivity index (χ3n) is 7.67. The molecule has 15 heteroatoms. The molecular weight excluding hydrogens is 610 g/mol. The Kier molecular flexibility index (Phi) is 9.83. The SMILES string of the molecule is COC(=O)Nc1ccc(C(=O)NC2CCC(=O)N3CCC[C@@H](C(=O)N[C@H]4CC(=O)OC4OCc4ccccc4)N3C2=O)cc1Cl. The first-order valence-electron chi connectivity index (χ1n) is 14.4. The van der Waals surface area contributed by atoms with E-state index >= 15 is 0 Å². The van der Waals surface area contributed by atoms with Crippen LogP contribution in [-0.2, 0) is 40.0 Å². The van der Waals surface area contributed by atoms with E-state index in [0.717, 1.165) is 10.6 Å². The second-order valence-electron chi connectivity index (χ2n) is 10.7. The van der Waals surface area contributed by atoms with Gasteiger partial charge in [-0.3, -0.25) is 34.3 Å². The molecule has 3 aliphatic heterocycles. The molecule has 2 aromatic rings. The van der Waals surface area contributed by atoms with E-state index in [1.54, 1.807) is 0 Å². The molecule has 0 bridgehead atoms. The molecule has 3 heterocycles. The topological polar surface area (TPSA) is 173 Å². The van der Waals surface area contributed by atoms with Crippen molar-refractivity contribution in [3.05, 3.63) is 64.7 Å². The summed E-state index contributed by atoms with van der Waals surface area (Å²) in [4.78, 5) is 77.3. The van der Waals surface area contributed by atoms with Crippen LogP contribution in [0.25, 0.3) is 0 Å². The smallest absolute Gasteiger partial charge is 0.411 e. The summed E-state index contributed by atoms with van der Waals surface area (Å²) in [7, 11) is 1.19. The highest BCUT2D eigenvalue weighted by molar-refractivity contribution is 6.34. The van der Waals surface area contributed by atoms with Crippen molar-refractivity contribution in [2.75, 3.05) is 19.0 Å². The lowest BCUT2D eigenvalue weighted by Crippen LogP contribution is -2.64. The molecule has 3 aliphatic rings. The van der Waals surface area contributed by atoms with Crippen molar-refractivity contribution in [2.24, 2.45) is 0 Å². The van der Waals surface area contributed by atoms with E-state index in [9.17, 15) is 28.8 Å². The average Bonchev–Trinajstić information content (AvgIpc) is 3.34. The van der Waals surface area contributed by atoms with Crippen molar-refractivity contribution in [3.8, 4) is 0 Å². The van der Waals surface area contributed by atoms with Crippen LogP contribution in [0.5, 0.6) is 0 Å². The molecule has 5 amide bonds. The van der Waals surface area contributed by atoms with Crippen molar-refractivity contribution in [1.82, 2.24) is 20.7 Å². The Morgan fingerprint density at radius 1 is 1.04 bits per heavy atom. The number of hydrazine groups is 1. The quantitative estimate of drug-likeness (QED) is 0.365. The number of methoxy groups -OCH3 is 1. The third-order valence-corrected chi connectivity index (χ3v) is 7.98. The van der Waals surface area contributed by atoms with Gasteiger partial charge in [-0.05, 0) is 43.0 Å². The number of nitrogens with zero attached hydrogens (tertiary/aromatic N) is 2. The Labute approximate surface area is 263 Å². The van der Waals surface area contributed by atoms with Crippen LogP contribution >= 0.6 is 11.6 Å². The van der Waals surface area contributed by atoms with Crippen LogP contribution in [0.3, 0.4) is 0 Å². The van der Waals surface area contributed by atoms with Gasteiger partial charge < -0.3 is 24.8 Å². The van der Waals surface area contributed by atoms with Gasteiger partial charge >= 0.3 is 12.1 Å². The summed E-state index contributed by atoms with van der Waals surface area (Å²) in [6, 6.07) is 10.4. The standard InChI is InChI=1S/C30H32ClN5O9/c1-43-30(42)34-20-10-9-18(14-19(20)31)26(39)32-21-11-12-24(37)35-13-5-8-23(36(35)28(21)41)27(40)33-22-15-25(38)45-29(22)44-16-17-6-3-2-4-7-17/h2-4,6-7,9-10,14,21-23,29H,5,8,11-13,15-16H2,1H3,(H,32,39)(H,33,40)(H,34,42)/t21?,22-,23-,29?/m0/s1. The molecule has 0 radical (unpaired) electrons. The van der Waals surface area contributed by atoms with E-state index in [1.807, 2.05) is 30.3 Å². The Morgan fingerprint density at radius 3 is 2.56 bits per heavy atom. The number of fused-ring (bicyclic) bond motifs is 1. The van der Waals surface area contributed by atoms with Crippen LogP contribution in [0.4, 0.5) is 10.5 Å². The normalized spacial score (nSPS) is 23.0. The lowest BCUT2D eigenvalue weighted by atomic mass is 10.0. The second kappa shape index (κ2) is 13.9. The summed E-state index contributed by atoms with van der Waals surface area (Å²) in [5.41, 5.74) is 1.18. The largest absolute Gasteiger partial charge is 0.453 e. The van der Waals surface area contributed by atoms with Gasteiger partial charge in [-0.1, -0.05) is 41.9 Å². The maximum Gasteiger partial charge on any atom is 0.411 e. The predicted octanol–water partition coefficient (Wildman–Crippen LogP) is 2.12. The summed E-state index contributed by atoms with van der Waals surface area (Å²) in [6.07, 6.45) is -1.20. The molecule has 5 rings (SSSR count). The maximum absolute atomic E-state index is 13.8. The molecule has 4 atom stereocenters. The van der Waals surface area contributed by atoms with Crippen molar-refractivity contribution in [3.63, 3.8) is 0 Å². The first-order chi connectivity index (χ1) is 21.6. The van der Waals surface area contributed by atoms with E-state index in [2.05, 4.69) is 20.7 Å². The monoisotopic (exact) mass is 641 g/mol. The fourth-order valence-electron chi connectivity index (χ4n) is 5.40. The van der Waals surface area contributed by atoms with E-state index in [1.165, 1.54) is 30.3 Å². The number of benzene rings is 2. The lowest BCUT2D eigenvalue weighted by molar-refractivity contribution is -0.177. The van der Waals surface area contributed by atoms with Gasteiger partial charge in [0.15, 0.2) is 0 Å². The number of anilines is 1. The van der Waals surface area contributed by atoms with Crippen molar-refractivity contribution < 1.29 is 43.0 Å².